The van der Waals surface area contributed by atoms with Crippen molar-refractivity contribution in [1.82, 2.24) is 0 Å². The molecule has 0 heterocycles. The monoisotopic (exact) mass is 2010 g/mol. The van der Waals surface area contributed by atoms with E-state index in [1.165, 1.54) is 106 Å². The molecule has 7 heteroatoms. The summed E-state index contributed by atoms with van der Waals surface area (Å²) in [5, 5.41) is 0. The Morgan fingerprint density at radius 3 is 0.807 bits per heavy atom. The first-order chi connectivity index (χ1) is 52.1. The summed E-state index contributed by atoms with van der Waals surface area (Å²) in [6.07, 6.45) is 29.6. The third-order valence-electron chi connectivity index (χ3n) is 16.0. The standard InChI is InChI=1S/6C15H13.C14H12.C2H6.CH3.7Y/c3*1-13-7-5-6-10-15(13)12-11-14-8-3-2-4-9-14;1-13-6-5-9-15(12-13)11-10-14-7-3-2-4-8-14;2*1-13-7-9-15(10-8-13)12-11-14-5-3-2-4-6-14;1-3-7-13(8-4-1)11-12-14-9-5-2-6-10-14;1-2;;;;;;;;/h3-12H,1H3;2-3,5-12H,1H3;2-8,10-12H,1H3;2-3,5-12H,1H3;3-12H,1H3;2-3,5-12H,1H3;1-12H;1-2H3;1H3;;;;;;;/q6*-1;;;-1;;;;;;;. The molecule has 0 saturated heterocycles. The molecule has 0 spiro atoms. The fourth-order valence-corrected chi connectivity index (χ4v) is 9.97. The minimum absolute atomic E-state index is 0. The second kappa shape index (κ2) is 69.9. The normalized spacial score (nSPS) is 9.82. The molecular weight excluding hydrogens is 1910 g/mol. The molecule has 0 amide bonds. The summed E-state index contributed by atoms with van der Waals surface area (Å²) in [7, 11) is 0. The minimum Gasteiger partial charge on any atom is -0.358 e. The van der Waals surface area contributed by atoms with Gasteiger partial charge in [-0.3, -0.25) is 0 Å². The average Bonchev–Trinajstić information content (AvgIpc) is 0.910. The van der Waals surface area contributed by atoms with Gasteiger partial charge in [-0.1, -0.05) is 298 Å². The van der Waals surface area contributed by atoms with Crippen LogP contribution in [0.2, 0.25) is 0 Å². The van der Waals surface area contributed by atoms with Crippen LogP contribution in [0.4, 0.5) is 0 Å². The van der Waals surface area contributed by atoms with Gasteiger partial charge in [-0.2, -0.15) is 157 Å². The van der Waals surface area contributed by atoms with Crippen molar-refractivity contribution in [3.8, 4) is 0 Å². The van der Waals surface area contributed by atoms with Crippen LogP contribution in [-0.4, -0.2) is 0 Å². The summed E-state index contributed by atoms with van der Waals surface area (Å²) >= 11 is 0. The van der Waals surface area contributed by atoms with Gasteiger partial charge in [0.25, 0.3) is 0 Å². The van der Waals surface area contributed by atoms with Crippen LogP contribution >= 0.6 is 0 Å². The summed E-state index contributed by atoms with van der Waals surface area (Å²) in [6, 6.07) is 137. The third-order valence-corrected chi connectivity index (χ3v) is 16.0. The van der Waals surface area contributed by atoms with Gasteiger partial charge in [-0.25, -0.2) is 0 Å². The largest absolute Gasteiger partial charge is 0.358 e. The maximum absolute atomic E-state index is 3.17. The van der Waals surface area contributed by atoms with Crippen LogP contribution in [0.25, 0.3) is 85.1 Å². The molecule has 114 heavy (non-hydrogen) atoms. The van der Waals surface area contributed by atoms with E-state index in [2.05, 4.69) is 369 Å². The number of benzene rings is 14. The molecule has 14 aromatic rings. The SMILES string of the molecule is C(=Cc1ccccc1)c1ccccc1.CC.Cc1ccc(C=Cc2c[c-]ccc2)cc1.Cc1ccc(C=Cc2cc[c-]cc2)cc1.Cc1cccc(C=Cc2c[c-]ccc2)c1.Cc1ccccc1C=Cc1[c-]cccc1.Cc1ccccc1C=Cc1c[c-]ccc1.Cc1ccccc1C=Cc1cc[c-]cc1.[CH3-].[Y].[Y].[Y].[Y].[Y].[Y].[Y]. The Balaban J connectivity index is 0. The van der Waals surface area contributed by atoms with Gasteiger partial charge in [0.1, 0.15) is 0 Å². The van der Waals surface area contributed by atoms with Gasteiger partial charge in [0.15, 0.2) is 0 Å². The van der Waals surface area contributed by atoms with Crippen LogP contribution in [0.5, 0.6) is 0 Å². The fraction of sp³-hybridized carbons (Fsp3) is 0.0748. The van der Waals surface area contributed by atoms with Gasteiger partial charge >= 0.3 is 0 Å². The molecular formula is C107H99Y7-7. The Kier molecular flexibility index (Phi) is 68.1. The topological polar surface area (TPSA) is 0 Å². The summed E-state index contributed by atoms with van der Waals surface area (Å²) in [4.78, 5) is 0. The first kappa shape index (κ1) is 111. The molecule has 0 aliphatic rings. The summed E-state index contributed by atoms with van der Waals surface area (Å²) in [5.41, 5.74) is 24.8. The van der Waals surface area contributed by atoms with Crippen LogP contribution in [0.15, 0.2) is 352 Å². The summed E-state index contributed by atoms with van der Waals surface area (Å²) in [6.45, 7) is 16.7. The van der Waals surface area contributed by atoms with Crippen molar-refractivity contribution in [2.45, 2.75) is 55.4 Å². The fourth-order valence-electron chi connectivity index (χ4n) is 9.97. The van der Waals surface area contributed by atoms with Crippen molar-refractivity contribution in [2.75, 3.05) is 0 Å². The number of aryl methyl sites for hydroxylation is 6. The van der Waals surface area contributed by atoms with Gasteiger partial charge in [0, 0.05) is 229 Å². The third kappa shape index (κ3) is 48.8. The maximum atomic E-state index is 3.17. The molecule has 0 fully saturated rings. The number of hydrogen-bond acceptors (Lipinski definition) is 0. The summed E-state index contributed by atoms with van der Waals surface area (Å²) in [5.74, 6) is 0. The van der Waals surface area contributed by atoms with Crippen LogP contribution in [0, 0.1) is 85.4 Å². The first-order valence-electron chi connectivity index (χ1n) is 36.1. The van der Waals surface area contributed by atoms with Crippen molar-refractivity contribution in [2.24, 2.45) is 0 Å². The predicted molar refractivity (Wildman–Crippen MR) is 472 cm³/mol. The zero-order valence-corrected chi connectivity index (χ0v) is 87.5. The summed E-state index contributed by atoms with van der Waals surface area (Å²) < 4.78 is 0. The van der Waals surface area contributed by atoms with Crippen LogP contribution in [-0.2, 0) is 229 Å². The molecule has 0 aromatic heterocycles. The molecule has 0 unspecified atom stereocenters. The maximum Gasteiger partial charge on any atom is 0 e. The Hall–Kier alpha value is -5.01. The van der Waals surface area contributed by atoms with Crippen molar-refractivity contribution in [1.29, 1.82) is 0 Å². The smallest absolute Gasteiger partial charge is 0 e. The molecule has 0 aliphatic heterocycles. The minimum atomic E-state index is 0. The molecule has 14 rings (SSSR count). The van der Waals surface area contributed by atoms with E-state index in [0.29, 0.717) is 0 Å². The van der Waals surface area contributed by atoms with Gasteiger partial charge in [-0.05, 0) is 103 Å². The molecule has 0 N–H and O–H groups in total. The van der Waals surface area contributed by atoms with Gasteiger partial charge in [0.2, 0.25) is 0 Å². The predicted octanol–water partition coefficient (Wildman–Crippen LogP) is 29.1. The van der Waals surface area contributed by atoms with Crippen molar-refractivity contribution in [3.63, 3.8) is 0 Å². The van der Waals surface area contributed by atoms with E-state index in [-0.39, 0.29) is 236 Å². The quantitative estimate of drug-likeness (QED) is 0.0752. The van der Waals surface area contributed by atoms with Gasteiger partial charge < -0.3 is 7.43 Å². The molecule has 14 aromatic carbocycles. The van der Waals surface area contributed by atoms with Crippen molar-refractivity contribution in [3.05, 3.63) is 507 Å². The zero-order chi connectivity index (χ0) is 74.7. The van der Waals surface area contributed by atoms with E-state index in [9.17, 15) is 0 Å². The molecule has 0 nitrogen and oxygen atoms in total. The van der Waals surface area contributed by atoms with E-state index < -0.39 is 0 Å². The average molecular weight is 2010 g/mol. The van der Waals surface area contributed by atoms with Crippen molar-refractivity contribution >= 4 is 85.1 Å². The number of hydrogen-bond donors (Lipinski definition) is 0. The zero-order valence-electron chi connectivity index (χ0n) is 67.6. The van der Waals surface area contributed by atoms with Crippen LogP contribution in [0.1, 0.15) is 125 Å². The Labute approximate surface area is 862 Å². The Bertz CT molecular complexity index is 4540. The van der Waals surface area contributed by atoms with E-state index in [4.69, 9.17) is 0 Å². The van der Waals surface area contributed by atoms with E-state index in [1.54, 1.807) is 0 Å². The Morgan fingerprint density at radius 1 is 0.193 bits per heavy atom. The van der Waals surface area contributed by atoms with E-state index >= 15 is 0 Å². The molecule has 7 radical (unpaired) electrons. The number of rotatable bonds is 14. The van der Waals surface area contributed by atoms with Crippen molar-refractivity contribution < 1.29 is 229 Å². The second-order valence-electron chi connectivity index (χ2n) is 24.5. The molecule has 0 aliphatic carbocycles. The molecule has 0 saturated carbocycles. The van der Waals surface area contributed by atoms with E-state index in [0.717, 1.165) is 5.56 Å². The molecule has 555 valence electrons. The van der Waals surface area contributed by atoms with Crippen LogP contribution < -0.4 is 0 Å². The first-order valence-corrected chi connectivity index (χ1v) is 36.1. The van der Waals surface area contributed by atoms with Crippen LogP contribution in [0.3, 0.4) is 0 Å². The Morgan fingerprint density at radius 2 is 0.474 bits per heavy atom. The van der Waals surface area contributed by atoms with Gasteiger partial charge in [-0.15, -0.1) is 82.5 Å². The molecule has 0 bridgehead atoms. The second-order valence-corrected chi connectivity index (χ2v) is 24.5. The molecule has 0 atom stereocenters. The van der Waals surface area contributed by atoms with Gasteiger partial charge in [0.05, 0.1) is 0 Å². The van der Waals surface area contributed by atoms with E-state index in [1.807, 2.05) is 159 Å².